The van der Waals surface area contributed by atoms with Crippen molar-refractivity contribution in [3.05, 3.63) is 63.1 Å². The Bertz CT molecular complexity index is 748. The molecule has 0 aromatic heterocycles. The summed E-state index contributed by atoms with van der Waals surface area (Å²) in [5, 5.41) is 12.2. The van der Waals surface area contributed by atoms with Crippen LogP contribution in [0.5, 0.6) is 0 Å². The SMILES string of the molecule is CC(Cc1cccc(Br)c1)C(=O)Nc1cc(Cl)ccc1C(=O)O. The fourth-order valence-corrected chi connectivity index (χ4v) is 2.79. The summed E-state index contributed by atoms with van der Waals surface area (Å²) in [6.45, 7) is 1.79. The number of carbonyl (C=O) groups is 2. The van der Waals surface area contributed by atoms with Crippen molar-refractivity contribution in [2.75, 3.05) is 5.32 Å². The lowest BCUT2D eigenvalue weighted by Crippen LogP contribution is -2.23. The van der Waals surface area contributed by atoms with Crippen molar-refractivity contribution in [3.63, 3.8) is 0 Å². The van der Waals surface area contributed by atoms with Crippen LogP contribution in [-0.2, 0) is 11.2 Å². The lowest BCUT2D eigenvalue weighted by Gasteiger charge is -2.14. The maximum absolute atomic E-state index is 12.3. The van der Waals surface area contributed by atoms with Crippen molar-refractivity contribution in [2.24, 2.45) is 5.92 Å². The summed E-state index contributed by atoms with van der Waals surface area (Å²) in [4.78, 5) is 23.5. The third kappa shape index (κ3) is 4.81. The summed E-state index contributed by atoms with van der Waals surface area (Å²) >= 11 is 9.28. The van der Waals surface area contributed by atoms with E-state index in [2.05, 4.69) is 21.2 Å². The van der Waals surface area contributed by atoms with Gasteiger partial charge in [0.15, 0.2) is 0 Å². The van der Waals surface area contributed by atoms with Crippen molar-refractivity contribution in [1.29, 1.82) is 0 Å². The van der Waals surface area contributed by atoms with Gasteiger partial charge in [-0.25, -0.2) is 4.79 Å². The van der Waals surface area contributed by atoms with Crippen LogP contribution in [0, 0.1) is 5.92 Å². The van der Waals surface area contributed by atoms with Gasteiger partial charge in [0.05, 0.1) is 11.3 Å². The van der Waals surface area contributed by atoms with Crippen molar-refractivity contribution in [3.8, 4) is 0 Å². The highest BCUT2D eigenvalue weighted by atomic mass is 79.9. The summed E-state index contributed by atoms with van der Waals surface area (Å²) in [5.74, 6) is -1.68. The number of hydrogen-bond donors (Lipinski definition) is 2. The number of halogens is 2. The first-order valence-electron chi connectivity index (χ1n) is 6.95. The summed E-state index contributed by atoms with van der Waals surface area (Å²) < 4.78 is 0.950. The van der Waals surface area contributed by atoms with Gasteiger partial charge in [0.25, 0.3) is 0 Å². The van der Waals surface area contributed by atoms with Gasteiger partial charge in [-0.15, -0.1) is 0 Å². The Morgan fingerprint density at radius 2 is 2.00 bits per heavy atom. The zero-order valence-electron chi connectivity index (χ0n) is 12.3. The molecule has 1 atom stereocenters. The first-order chi connectivity index (χ1) is 10.9. The van der Waals surface area contributed by atoms with E-state index in [0.29, 0.717) is 11.4 Å². The van der Waals surface area contributed by atoms with Crippen molar-refractivity contribution >= 4 is 45.1 Å². The zero-order chi connectivity index (χ0) is 17.0. The molecule has 0 bridgehead atoms. The molecule has 2 aromatic rings. The van der Waals surface area contributed by atoms with Crippen LogP contribution in [0.25, 0.3) is 0 Å². The lowest BCUT2D eigenvalue weighted by molar-refractivity contribution is -0.119. The minimum Gasteiger partial charge on any atom is -0.478 e. The van der Waals surface area contributed by atoms with Gasteiger partial charge < -0.3 is 10.4 Å². The second-order valence-electron chi connectivity index (χ2n) is 5.22. The van der Waals surface area contributed by atoms with Crippen molar-refractivity contribution in [1.82, 2.24) is 0 Å². The highest BCUT2D eigenvalue weighted by molar-refractivity contribution is 9.10. The van der Waals surface area contributed by atoms with E-state index in [9.17, 15) is 14.7 Å². The second kappa shape index (κ2) is 7.62. The highest BCUT2D eigenvalue weighted by Crippen LogP contribution is 2.22. The van der Waals surface area contributed by atoms with Crippen molar-refractivity contribution < 1.29 is 14.7 Å². The van der Waals surface area contributed by atoms with Gasteiger partial charge in [0.1, 0.15) is 0 Å². The van der Waals surface area contributed by atoms with E-state index in [0.717, 1.165) is 10.0 Å². The number of carbonyl (C=O) groups excluding carboxylic acids is 1. The van der Waals surface area contributed by atoms with E-state index in [-0.39, 0.29) is 23.1 Å². The number of aromatic carboxylic acids is 1. The summed E-state index contributed by atoms with van der Waals surface area (Å²) in [6.07, 6.45) is 0.550. The molecular formula is C17H15BrClNO3. The number of carboxylic acids is 1. The normalized spacial score (nSPS) is 11.8. The summed E-state index contributed by atoms with van der Waals surface area (Å²) in [6, 6.07) is 12.0. The Morgan fingerprint density at radius 3 is 2.65 bits per heavy atom. The van der Waals surface area contributed by atoms with Crippen LogP contribution in [0.2, 0.25) is 5.02 Å². The van der Waals surface area contributed by atoms with Gasteiger partial charge in [0.2, 0.25) is 5.91 Å². The molecule has 1 unspecified atom stereocenters. The van der Waals surface area contributed by atoms with Gasteiger partial charge in [-0.1, -0.05) is 46.6 Å². The van der Waals surface area contributed by atoms with Crippen LogP contribution in [0.15, 0.2) is 46.9 Å². The van der Waals surface area contributed by atoms with Gasteiger partial charge in [-0.2, -0.15) is 0 Å². The zero-order valence-corrected chi connectivity index (χ0v) is 14.7. The third-order valence-electron chi connectivity index (χ3n) is 3.35. The molecule has 6 heteroatoms. The predicted molar refractivity (Wildman–Crippen MR) is 94.1 cm³/mol. The number of anilines is 1. The Morgan fingerprint density at radius 1 is 1.26 bits per heavy atom. The molecule has 0 saturated carbocycles. The van der Waals surface area contributed by atoms with E-state index in [1.807, 2.05) is 24.3 Å². The highest BCUT2D eigenvalue weighted by Gasteiger charge is 2.18. The third-order valence-corrected chi connectivity index (χ3v) is 4.08. The maximum Gasteiger partial charge on any atom is 0.337 e. The number of nitrogens with one attached hydrogen (secondary N) is 1. The van der Waals surface area contributed by atoms with Crippen LogP contribution in [0.1, 0.15) is 22.8 Å². The van der Waals surface area contributed by atoms with Gasteiger partial charge in [-0.05, 0) is 42.3 Å². The number of amides is 1. The number of benzene rings is 2. The largest absolute Gasteiger partial charge is 0.478 e. The van der Waals surface area contributed by atoms with Crippen molar-refractivity contribution in [2.45, 2.75) is 13.3 Å². The molecule has 0 aliphatic rings. The van der Waals surface area contributed by atoms with Crippen LogP contribution >= 0.6 is 27.5 Å². The molecule has 4 nitrogen and oxygen atoms in total. The standard InChI is InChI=1S/C17H15BrClNO3/c1-10(7-11-3-2-4-12(18)8-11)16(21)20-15-9-13(19)5-6-14(15)17(22)23/h2-6,8-10H,7H2,1H3,(H,20,21)(H,22,23). The van der Waals surface area contributed by atoms with Crippen LogP contribution in [0.4, 0.5) is 5.69 Å². The Labute approximate surface area is 147 Å². The smallest absolute Gasteiger partial charge is 0.337 e. The average Bonchev–Trinajstić information content (AvgIpc) is 2.46. The molecular weight excluding hydrogens is 382 g/mol. The van der Waals surface area contributed by atoms with E-state index in [1.165, 1.54) is 18.2 Å². The number of carboxylic acid groups (broad SMARTS) is 1. The minimum atomic E-state index is -1.11. The molecule has 23 heavy (non-hydrogen) atoms. The van der Waals surface area contributed by atoms with E-state index < -0.39 is 5.97 Å². The fraction of sp³-hybridized carbons (Fsp3) is 0.176. The maximum atomic E-state index is 12.3. The van der Waals surface area contributed by atoms with E-state index in [1.54, 1.807) is 6.92 Å². The molecule has 2 N–H and O–H groups in total. The number of hydrogen-bond acceptors (Lipinski definition) is 2. The summed E-state index contributed by atoms with van der Waals surface area (Å²) in [5.41, 5.74) is 1.24. The molecule has 0 aliphatic carbocycles. The lowest BCUT2D eigenvalue weighted by atomic mass is 10.00. The Balaban J connectivity index is 2.12. The number of rotatable bonds is 5. The fourth-order valence-electron chi connectivity index (χ4n) is 2.17. The molecule has 0 heterocycles. The van der Waals surface area contributed by atoms with Gasteiger partial charge >= 0.3 is 5.97 Å². The van der Waals surface area contributed by atoms with E-state index in [4.69, 9.17) is 11.6 Å². The molecule has 2 aromatic carbocycles. The van der Waals surface area contributed by atoms with Gasteiger partial charge in [0, 0.05) is 15.4 Å². The van der Waals surface area contributed by atoms with Crippen LogP contribution in [0.3, 0.4) is 0 Å². The Kier molecular flexibility index (Phi) is 5.80. The second-order valence-corrected chi connectivity index (χ2v) is 6.57. The van der Waals surface area contributed by atoms with E-state index >= 15 is 0 Å². The molecule has 1 amide bonds. The molecule has 2 rings (SSSR count). The first kappa shape index (κ1) is 17.5. The minimum absolute atomic E-state index is 0.0115. The predicted octanol–water partition coefficient (Wildman–Crippen LogP) is 4.62. The molecule has 120 valence electrons. The summed E-state index contributed by atoms with van der Waals surface area (Å²) in [7, 11) is 0. The Hall–Kier alpha value is -1.85. The molecule has 0 radical (unpaired) electrons. The topological polar surface area (TPSA) is 66.4 Å². The monoisotopic (exact) mass is 395 g/mol. The first-order valence-corrected chi connectivity index (χ1v) is 8.12. The quantitative estimate of drug-likeness (QED) is 0.775. The molecule has 0 spiro atoms. The molecule has 0 saturated heterocycles. The molecule has 0 fully saturated rings. The molecule has 0 aliphatic heterocycles. The van der Waals surface area contributed by atoms with Crippen LogP contribution < -0.4 is 5.32 Å². The average molecular weight is 397 g/mol. The van der Waals surface area contributed by atoms with Gasteiger partial charge in [-0.3, -0.25) is 4.79 Å². The van der Waals surface area contributed by atoms with Crippen LogP contribution in [-0.4, -0.2) is 17.0 Å².